The van der Waals surface area contributed by atoms with Gasteiger partial charge in [-0.15, -0.1) is 11.3 Å². The molecule has 2 aromatic heterocycles. The molecule has 0 amide bonds. The Labute approximate surface area is 121 Å². The van der Waals surface area contributed by atoms with Crippen LogP contribution in [-0.4, -0.2) is 33.1 Å². The smallest absolute Gasteiger partial charge is 0.323 e. The van der Waals surface area contributed by atoms with Gasteiger partial charge in [0.1, 0.15) is 0 Å². The zero-order valence-corrected chi connectivity index (χ0v) is 12.4. The lowest BCUT2D eigenvalue weighted by atomic mass is 10.5. The molecule has 0 saturated carbocycles. The Morgan fingerprint density at radius 3 is 2.60 bits per heavy atom. The van der Waals surface area contributed by atoms with Crippen LogP contribution in [0.2, 0.25) is 0 Å². The molecule has 2 N–H and O–H groups in total. The minimum absolute atomic E-state index is 0.327. The van der Waals surface area contributed by atoms with E-state index in [1.165, 1.54) is 0 Å². The average molecular weight is 294 g/mol. The van der Waals surface area contributed by atoms with Gasteiger partial charge in [0.2, 0.25) is 11.9 Å². The summed E-state index contributed by atoms with van der Waals surface area (Å²) in [6, 6.07) is 0.327. The molecule has 8 heteroatoms. The van der Waals surface area contributed by atoms with Crippen molar-refractivity contribution in [2.75, 3.05) is 23.8 Å². The Hall–Kier alpha value is -1.96. The van der Waals surface area contributed by atoms with Crippen LogP contribution in [0.3, 0.4) is 0 Å². The van der Waals surface area contributed by atoms with Gasteiger partial charge >= 0.3 is 6.01 Å². The van der Waals surface area contributed by atoms with Gasteiger partial charge in [-0.3, -0.25) is 4.98 Å². The number of nitrogens with zero attached hydrogens (tertiary/aromatic N) is 4. The van der Waals surface area contributed by atoms with Crippen molar-refractivity contribution in [1.82, 2.24) is 19.9 Å². The molecule has 0 radical (unpaired) electrons. The first kappa shape index (κ1) is 14.4. The van der Waals surface area contributed by atoms with Gasteiger partial charge in [0, 0.05) is 17.6 Å². The van der Waals surface area contributed by atoms with Crippen molar-refractivity contribution >= 4 is 23.2 Å². The van der Waals surface area contributed by atoms with Gasteiger partial charge in [-0.05, 0) is 13.3 Å². The highest BCUT2D eigenvalue weighted by atomic mass is 32.1. The fourth-order valence-corrected chi connectivity index (χ4v) is 1.97. The van der Waals surface area contributed by atoms with Crippen LogP contribution in [0, 0.1) is 0 Å². The van der Waals surface area contributed by atoms with Crippen LogP contribution < -0.4 is 15.4 Å². The van der Waals surface area contributed by atoms with E-state index in [0.29, 0.717) is 31.1 Å². The number of hydrogen-bond donors (Lipinski definition) is 2. The van der Waals surface area contributed by atoms with Crippen LogP contribution in [0.4, 0.5) is 11.9 Å². The van der Waals surface area contributed by atoms with E-state index in [1.54, 1.807) is 16.8 Å². The Morgan fingerprint density at radius 1 is 1.15 bits per heavy atom. The number of nitrogens with one attached hydrogen (secondary N) is 2. The standard InChI is InChI=1S/C12H18N6OS/c1-3-5-14-10-16-11(18-12(17-10)19-4-2)15-7-9-6-13-8-20-9/h6,8H,3-5,7H2,1-2H3,(H2,14,15,16,17,18). The fraction of sp³-hybridized carbons (Fsp3) is 0.500. The van der Waals surface area contributed by atoms with Crippen molar-refractivity contribution in [3.05, 3.63) is 16.6 Å². The number of thiazole rings is 1. The number of anilines is 2. The predicted molar refractivity (Wildman–Crippen MR) is 79.2 cm³/mol. The molecule has 0 aliphatic carbocycles. The van der Waals surface area contributed by atoms with Crippen molar-refractivity contribution in [2.45, 2.75) is 26.8 Å². The lowest BCUT2D eigenvalue weighted by Gasteiger charge is -2.09. The highest BCUT2D eigenvalue weighted by Gasteiger charge is 2.07. The van der Waals surface area contributed by atoms with E-state index in [2.05, 4.69) is 37.5 Å². The Bertz CT molecular complexity index is 519. The Morgan fingerprint density at radius 2 is 1.95 bits per heavy atom. The van der Waals surface area contributed by atoms with Gasteiger partial charge < -0.3 is 15.4 Å². The largest absolute Gasteiger partial charge is 0.464 e. The average Bonchev–Trinajstić information content (AvgIpc) is 2.96. The summed E-state index contributed by atoms with van der Waals surface area (Å²) in [7, 11) is 0. The molecule has 0 aliphatic heterocycles. The number of ether oxygens (including phenoxy) is 1. The molecule has 20 heavy (non-hydrogen) atoms. The van der Waals surface area contributed by atoms with Crippen molar-refractivity contribution in [1.29, 1.82) is 0 Å². The quantitative estimate of drug-likeness (QED) is 0.771. The van der Waals surface area contributed by atoms with E-state index in [1.807, 2.05) is 13.1 Å². The van der Waals surface area contributed by atoms with Crippen LogP contribution in [0.15, 0.2) is 11.7 Å². The van der Waals surface area contributed by atoms with E-state index < -0.39 is 0 Å². The van der Waals surface area contributed by atoms with Crippen molar-refractivity contribution in [2.24, 2.45) is 0 Å². The van der Waals surface area contributed by atoms with Crippen molar-refractivity contribution < 1.29 is 4.74 Å². The number of aromatic nitrogens is 4. The van der Waals surface area contributed by atoms with Crippen LogP contribution in [-0.2, 0) is 6.54 Å². The molecule has 2 heterocycles. The molecule has 0 aliphatic rings. The molecule has 2 aromatic rings. The van der Waals surface area contributed by atoms with Crippen LogP contribution in [0.5, 0.6) is 6.01 Å². The van der Waals surface area contributed by atoms with Gasteiger partial charge in [-0.25, -0.2) is 0 Å². The summed E-state index contributed by atoms with van der Waals surface area (Å²) >= 11 is 1.58. The maximum atomic E-state index is 5.35. The molecule has 0 unspecified atom stereocenters. The summed E-state index contributed by atoms with van der Waals surface area (Å²) in [5.41, 5.74) is 1.80. The zero-order valence-electron chi connectivity index (χ0n) is 11.6. The van der Waals surface area contributed by atoms with Crippen LogP contribution in [0.25, 0.3) is 0 Å². The third-order valence-electron chi connectivity index (χ3n) is 2.33. The second kappa shape index (κ2) is 7.59. The first-order valence-electron chi connectivity index (χ1n) is 6.55. The first-order valence-corrected chi connectivity index (χ1v) is 7.43. The first-order chi connectivity index (χ1) is 9.81. The van der Waals surface area contributed by atoms with Crippen molar-refractivity contribution in [3.8, 4) is 6.01 Å². The molecule has 2 rings (SSSR count). The third-order valence-corrected chi connectivity index (χ3v) is 3.11. The molecule has 0 aromatic carbocycles. The van der Waals surface area contributed by atoms with Gasteiger partial charge in [0.05, 0.1) is 18.7 Å². The summed E-state index contributed by atoms with van der Waals surface area (Å²) in [6.07, 6.45) is 2.82. The highest BCUT2D eigenvalue weighted by Crippen LogP contribution is 2.13. The maximum absolute atomic E-state index is 5.35. The summed E-state index contributed by atoms with van der Waals surface area (Å²) < 4.78 is 5.35. The molecule has 0 atom stereocenters. The normalized spacial score (nSPS) is 10.3. The number of rotatable bonds is 8. The molecular weight excluding hydrogens is 276 g/mol. The summed E-state index contributed by atoms with van der Waals surface area (Å²) in [5, 5.41) is 6.29. The molecule has 108 valence electrons. The molecule has 0 spiro atoms. The van der Waals surface area contributed by atoms with Gasteiger partial charge in [0.15, 0.2) is 0 Å². The van der Waals surface area contributed by atoms with E-state index in [-0.39, 0.29) is 0 Å². The monoisotopic (exact) mass is 294 g/mol. The summed E-state index contributed by atoms with van der Waals surface area (Å²) in [4.78, 5) is 17.9. The van der Waals surface area contributed by atoms with E-state index in [0.717, 1.165) is 17.8 Å². The molecule has 0 saturated heterocycles. The lowest BCUT2D eigenvalue weighted by molar-refractivity contribution is 0.312. The molecule has 0 bridgehead atoms. The second-order valence-electron chi connectivity index (χ2n) is 3.95. The van der Waals surface area contributed by atoms with E-state index in [9.17, 15) is 0 Å². The minimum atomic E-state index is 0.327. The predicted octanol–water partition coefficient (Wildman–Crippen LogP) is 2.16. The summed E-state index contributed by atoms with van der Waals surface area (Å²) in [5.74, 6) is 1.02. The Kier molecular flexibility index (Phi) is 5.48. The van der Waals surface area contributed by atoms with Crippen LogP contribution in [0.1, 0.15) is 25.1 Å². The zero-order chi connectivity index (χ0) is 14.2. The minimum Gasteiger partial charge on any atom is -0.464 e. The lowest BCUT2D eigenvalue weighted by Crippen LogP contribution is -2.11. The SMILES string of the molecule is CCCNc1nc(NCc2cncs2)nc(OCC)n1. The highest BCUT2D eigenvalue weighted by molar-refractivity contribution is 7.09. The summed E-state index contributed by atoms with van der Waals surface area (Å²) in [6.45, 7) is 5.94. The number of hydrogen-bond acceptors (Lipinski definition) is 8. The second-order valence-corrected chi connectivity index (χ2v) is 4.92. The van der Waals surface area contributed by atoms with Gasteiger partial charge in [-0.2, -0.15) is 15.0 Å². The third kappa shape index (κ3) is 4.30. The fourth-order valence-electron chi connectivity index (χ4n) is 1.44. The molecular formula is C12H18N6OS. The molecule has 0 fully saturated rings. The van der Waals surface area contributed by atoms with Gasteiger partial charge in [0.25, 0.3) is 0 Å². The van der Waals surface area contributed by atoms with E-state index in [4.69, 9.17) is 4.74 Å². The topological polar surface area (TPSA) is 84.9 Å². The van der Waals surface area contributed by atoms with E-state index >= 15 is 0 Å². The van der Waals surface area contributed by atoms with Crippen LogP contribution >= 0.6 is 11.3 Å². The van der Waals surface area contributed by atoms with Gasteiger partial charge in [-0.1, -0.05) is 6.92 Å². The van der Waals surface area contributed by atoms with Crippen molar-refractivity contribution in [3.63, 3.8) is 0 Å². The maximum Gasteiger partial charge on any atom is 0.323 e. The molecule has 7 nitrogen and oxygen atoms in total. The Balaban J connectivity index is 2.06.